The maximum absolute atomic E-state index is 12.0. The molecule has 0 atom stereocenters. The minimum Gasteiger partial charge on any atom is -0.312 e. The standard InChI is InChI=1S/C17H16N4O/c18-10-12-2-1-3-15(8-12)20-17(22)21-16-5-4-14-11-19-7-6-13(14)9-16/h1-5,8-9,19H,6-7,11H2,(H2,20,21,22). The lowest BCUT2D eigenvalue weighted by Crippen LogP contribution is -2.24. The van der Waals surface area contributed by atoms with Crippen LogP contribution in [-0.2, 0) is 13.0 Å². The van der Waals surface area contributed by atoms with E-state index in [1.807, 2.05) is 24.3 Å². The number of nitrogens with zero attached hydrogens (tertiary/aromatic N) is 1. The Morgan fingerprint density at radius 3 is 2.73 bits per heavy atom. The van der Waals surface area contributed by atoms with Crippen LogP contribution in [0.5, 0.6) is 0 Å². The van der Waals surface area contributed by atoms with Crippen molar-refractivity contribution in [3.05, 3.63) is 59.2 Å². The zero-order valence-corrected chi connectivity index (χ0v) is 12.0. The fraction of sp³-hybridized carbons (Fsp3) is 0.176. The number of rotatable bonds is 2. The quantitative estimate of drug-likeness (QED) is 0.796. The third-order valence-corrected chi connectivity index (χ3v) is 3.60. The maximum atomic E-state index is 12.0. The molecular formula is C17H16N4O. The SMILES string of the molecule is N#Cc1cccc(NC(=O)Nc2ccc3c(c2)CCNC3)c1. The molecule has 0 saturated carbocycles. The van der Waals surface area contributed by atoms with Gasteiger partial charge in [-0.3, -0.25) is 0 Å². The number of hydrogen-bond acceptors (Lipinski definition) is 3. The third kappa shape index (κ3) is 3.25. The third-order valence-electron chi connectivity index (χ3n) is 3.60. The molecule has 0 aromatic heterocycles. The number of hydrogen-bond donors (Lipinski definition) is 3. The summed E-state index contributed by atoms with van der Waals surface area (Å²) in [4.78, 5) is 12.0. The van der Waals surface area contributed by atoms with Gasteiger partial charge in [0.15, 0.2) is 0 Å². The van der Waals surface area contributed by atoms with Crippen molar-refractivity contribution in [2.75, 3.05) is 17.2 Å². The number of benzene rings is 2. The molecule has 0 fully saturated rings. The molecule has 2 amide bonds. The van der Waals surface area contributed by atoms with Gasteiger partial charge < -0.3 is 16.0 Å². The molecule has 5 nitrogen and oxygen atoms in total. The van der Waals surface area contributed by atoms with Crippen molar-refractivity contribution in [2.45, 2.75) is 13.0 Å². The van der Waals surface area contributed by atoms with E-state index in [4.69, 9.17) is 5.26 Å². The summed E-state index contributed by atoms with van der Waals surface area (Å²) >= 11 is 0. The molecule has 1 heterocycles. The minimum atomic E-state index is -0.316. The molecule has 3 rings (SSSR count). The van der Waals surface area contributed by atoms with Crippen LogP contribution in [0.4, 0.5) is 16.2 Å². The molecule has 0 bridgehead atoms. The maximum Gasteiger partial charge on any atom is 0.323 e. The second-order valence-corrected chi connectivity index (χ2v) is 5.18. The summed E-state index contributed by atoms with van der Waals surface area (Å²) in [5, 5.41) is 17.7. The van der Waals surface area contributed by atoms with Gasteiger partial charge in [0, 0.05) is 17.9 Å². The predicted molar refractivity (Wildman–Crippen MR) is 85.7 cm³/mol. The Hall–Kier alpha value is -2.84. The number of anilines is 2. The second-order valence-electron chi connectivity index (χ2n) is 5.18. The summed E-state index contributed by atoms with van der Waals surface area (Å²) < 4.78 is 0. The normalized spacial score (nSPS) is 12.9. The van der Waals surface area contributed by atoms with Crippen LogP contribution in [0.25, 0.3) is 0 Å². The topological polar surface area (TPSA) is 77.0 Å². The van der Waals surface area contributed by atoms with Crippen LogP contribution in [0.15, 0.2) is 42.5 Å². The summed E-state index contributed by atoms with van der Waals surface area (Å²) in [6.45, 7) is 1.84. The molecule has 1 aliphatic heterocycles. The van der Waals surface area contributed by atoms with E-state index in [9.17, 15) is 4.79 Å². The Balaban J connectivity index is 1.68. The van der Waals surface area contributed by atoms with E-state index in [0.29, 0.717) is 11.3 Å². The van der Waals surface area contributed by atoms with E-state index in [1.165, 1.54) is 11.1 Å². The van der Waals surface area contributed by atoms with Crippen molar-refractivity contribution in [1.82, 2.24) is 5.32 Å². The van der Waals surface area contributed by atoms with Crippen LogP contribution in [0.3, 0.4) is 0 Å². The van der Waals surface area contributed by atoms with Crippen molar-refractivity contribution >= 4 is 17.4 Å². The van der Waals surface area contributed by atoms with Crippen LogP contribution >= 0.6 is 0 Å². The molecule has 110 valence electrons. The molecular weight excluding hydrogens is 276 g/mol. The van der Waals surface area contributed by atoms with Crippen LogP contribution in [0.2, 0.25) is 0 Å². The predicted octanol–water partition coefficient (Wildman–Crippen LogP) is 2.85. The van der Waals surface area contributed by atoms with Crippen LogP contribution in [0.1, 0.15) is 16.7 Å². The molecule has 2 aromatic carbocycles. The number of fused-ring (bicyclic) bond motifs is 1. The van der Waals surface area contributed by atoms with Crippen molar-refractivity contribution < 1.29 is 4.79 Å². The largest absolute Gasteiger partial charge is 0.323 e. The zero-order chi connectivity index (χ0) is 15.4. The van der Waals surface area contributed by atoms with Crippen molar-refractivity contribution in [3.8, 4) is 6.07 Å². The first-order valence-electron chi connectivity index (χ1n) is 7.15. The van der Waals surface area contributed by atoms with Gasteiger partial charge >= 0.3 is 6.03 Å². The van der Waals surface area contributed by atoms with E-state index >= 15 is 0 Å². The van der Waals surface area contributed by atoms with Crippen LogP contribution in [0, 0.1) is 11.3 Å². The molecule has 0 radical (unpaired) electrons. The molecule has 3 N–H and O–H groups in total. The number of nitriles is 1. The fourth-order valence-corrected chi connectivity index (χ4v) is 2.51. The Labute approximate surface area is 129 Å². The lowest BCUT2D eigenvalue weighted by Gasteiger charge is -2.18. The zero-order valence-electron chi connectivity index (χ0n) is 12.0. The minimum absolute atomic E-state index is 0.316. The van der Waals surface area contributed by atoms with Gasteiger partial charge in [0.05, 0.1) is 11.6 Å². The van der Waals surface area contributed by atoms with Crippen LogP contribution < -0.4 is 16.0 Å². The summed E-state index contributed by atoms with van der Waals surface area (Å²) in [6.07, 6.45) is 0.969. The van der Waals surface area contributed by atoms with Gasteiger partial charge in [-0.25, -0.2) is 4.79 Å². The number of urea groups is 1. The van der Waals surface area contributed by atoms with Gasteiger partial charge in [0.25, 0.3) is 0 Å². The summed E-state index contributed by atoms with van der Waals surface area (Å²) in [7, 11) is 0. The van der Waals surface area contributed by atoms with Gasteiger partial charge in [-0.2, -0.15) is 5.26 Å². The van der Waals surface area contributed by atoms with Gasteiger partial charge in [0.2, 0.25) is 0 Å². The molecule has 22 heavy (non-hydrogen) atoms. The van der Waals surface area contributed by atoms with E-state index in [0.717, 1.165) is 25.2 Å². The van der Waals surface area contributed by atoms with Gasteiger partial charge in [-0.1, -0.05) is 12.1 Å². The summed E-state index contributed by atoms with van der Waals surface area (Å²) in [6, 6.07) is 14.5. The average Bonchev–Trinajstić information content (AvgIpc) is 2.55. The second kappa shape index (κ2) is 6.29. The van der Waals surface area contributed by atoms with E-state index in [2.05, 4.69) is 16.0 Å². The fourth-order valence-electron chi connectivity index (χ4n) is 2.51. The first-order valence-corrected chi connectivity index (χ1v) is 7.15. The monoisotopic (exact) mass is 292 g/mol. The number of carbonyl (C=O) groups is 1. The number of amides is 2. The highest BCUT2D eigenvalue weighted by Crippen LogP contribution is 2.19. The van der Waals surface area contributed by atoms with E-state index in [1.54, 1.807) is 24.3 Å². The molecule has 0 spiro atoms. The molecule has 0 aliphatic carbocycles. The van der Waals surface area contributed by atoms with Gasteiger partial charge in [0.1, 0.15) is 0 Å². The molecule has 2 aromatic rings. The number of nitrogens with one attached hydrogen (secondary N) is 3. The van der Waals surface area contributed by atoms with E-state index in [-0.39, 0.29) is 6.03 Å². The summed E-state index contributed by atoms with van der Waals surface area (Å²) in [5.41, 5.74) is 4.43. The Kier molecular flexibility index (Phi) is 4.03. The lowest BCUT2D eigenvalue weighted by molar-refractivity contribution is 0.262. The van der Waals surface area contributed by atoms with Crippen LogP contribution in [-0.4, -0.2) is 12.6 Å². The highest BCUT2D eigenvalue weighted by Gasteiger charge is 2.10. The number of carbonyl (C=O) groups excluding carboxylic acids is 1. The van der Waals surface area contributed by atoms with Gasteiger partial charge in [-0.15, -0.1) is 0 Å². The van der Waals surface area contributed by atoms with Crippen molar-refractivity contribution in [1.29, 1.82) is 5.26 Å². The van der Waals surface area contributed by atoms with Crippen molar-refractivity contribution in [2.24, 2.45) is 0 Å². The first kappa shape index (κ1) is 14.1. The molecule has 5 heteroatoms. The first-order chi connectivity index (χ1) is 10.7. The van der Waals surface area contributed by atoms with Crippen molar-refractivity contribution in [3.63, 3.8) is 0 Å². The smallest absolute Gasteiger partial charge is 0.312 e. The molecule has 1 aliphatic rings. The highest BCUT2D eigenvalue weighted by atomic mass is 16.2. The van der Waals surface area contributed by atoms with E-state index < -0.39 is 0 Å². The Morgan fingerprint density at radius 1 is 1.09 bits per heavy atom. The highest BCUT2D eigenvalue weighted by molar-refractivity contribution is 5.99. The Morgan fingerprint density at radius 2 is 1.91 bits per heavy atom. The lowest BCUT2D eigenvalue weighted by atomic mass is 10.0. The Bertz CT molecular complexity index is 749. The summed E-state index contributed by atoms with van der Waals surface area (Å²) in [5.74, 6) is 0. The molecule has 0 saturated heterocycles. The average molecular weight is 292 g/mol. The van der Waals surface area contributed by atoms with Gasteiger partial charge in [-0.05, 0) is 54.4 Å². The molecule has 0 unspecified atom stereocenters.